The fourth-order valence-corrected chi connectivity index (χ4v) is 3.07. The molecule has 0 fully saturated rings. The number of benzene rings is 3. The van der Waals surface area contributed by atoms with Gasteiger partial charge < -0.3 is 30.6 Å². The molecule has 0 radical (unpaired) electrons. The molecule has 3 aromatic carbocycles. The van der Waals surface area contributed by atoms with Gasteiger partial charge in [-0.2, -0.15) is 0 Å². The lowest BCUT2D eigenvalue weighted by Gasteiger charge is -2.13. The number of phenols is 6. The van der Waals surface area contributed by atoms with Gasteiger partial charge in [0, 0.05) is 11.1 Å². The number of hydrogen-bond donors (Lipinski definition) is 6. The van der Waals surface area contributed by atoms with Gasteiger partial charge in [0.1, 0.15) is 0 Å². The van der Waals surface area contributed by atoms with E-state index >= 15 is 0 Å². The molecule has 0 unspecified atom stereocenters. The van der Waals surface area contributed by atoms with Gasteiger partial charge in [-0.15, -0.1) is 0 Å². The maximum Gasteiger partial charge on any atom is 0.201 e. The molecular formula is C22H18O8. The maximum absolute atomic E-state index is 13.1. The number of phenolic OH excluding ortho intramolecular Hbond substituents is 6. The van der Waals surface area contributed by atoms with Crippen LogP contribution in [0.15, 0.2) is 36.4 Å². The van der Waals surface area contributed by atoms with Crippen LogP contribution in [-0.2, 0) is 0 Å². The molecule has 8 nitrogen and oxygen atoms in total. The first-order chi connectivity index (χ1) is 14.1. The van der Waals surface area contributed by atoms with Gasteiger partial charge in [0.15, 0.2) is 34.6 Å². The Morgan fingerprint density at radius 2 is 0.867 bits per heavy atom. The maximum atomic E-state index is 13.1. The van der Waals surface area contributed by atoms with Gasteiger partial charge in [0.2, 0.25) is 11.5 Å². The summed E-state index contributed by atoms with van der Waals surface area (Å²) < 4.78 is 0. The second kappa shape index (κ2) is 7.32. The topological polar surface area (TPSA) is 156 Å². The fourth-order valence-electron chi connectivity index (χ4n) is 3.07. The zero-order valence-corrected chi connectivity index (χ0v) is 16.0. The second-order valence-electron chi connectivity index (χ2n) is 6.78. The summed E-state index contributed by atoms with van der Waals surface area (Å²) in [4.78, 5) is 26.1. The molecule has 0 aromatic heterocycles. The van der Waals surface area contributed by atoms with Crippen LogP contribution in [0.25, 0.3) is 0 Å². The number of carbonyl (C=O) groups excluding carboxylic acids is 2. The summed E-state index contributed by atoms with van der Waals surface area (Å²) in [5, 5.41) is 59.3. The number of aryl methyl sites for hydroxylation is 2. The molecule has 8 heteroatoms. The van der Waals surface area contributed by atoms with Gasteiger partial charge >= 0.3 is 0 Å². The minimum absolute atomic E-state index is 0.134. The van der Waals surface area contributed by atoms with Crippen LogP contribution in [0, 0.1) is 13.8 Å². The Morgan fingerprint density at radius 3 is 1.20 bits per heavy atom. The summed E-state index contributed by atoms with van der Waals surface area (Å²) >= 11 is 0. The average Bonchev–Trinajstić information content (AvgIpc) is 2.74. The summed E-state index contributed by atoms with van der Waals surface area (Å²) in [6, 6.07) is 7.93. The largest absolute Gasteiger partial charge is 0.504 e. The quantitative estimate of drug-likeness (QED) is 0.283. The minimum atomic E-state index is -0.862. The first-order valence-corrected chi connectivity index (χ1v) is 8.73. The van der Waals surface area contributed by atoms with Crippen LogP contribution in [-0.4, -0.2) is 42.2 Å². The molecular weight excluding hydrogens is 392 g/mol. The predicted octanol–water partition coefficient (Wildman–Crippen LogP) is 3.00. The van der Waals surface area contributed by atoms with E-state index in [0.29, 0.717) is 0 Å². The SMILES string of the molecule is Cc1cc(C(=O)c2ccccc2C(=O)c2cc(C)c(O)c(O)c2O)c(O)c(O)c1O. The van der Waals surface area contributed by atoms with E-state index in [1.54, 1.807) is 0 Å². The molecule has 154 valence electrons. The highest BCUT2D eigenvalue weighted by molar-refractivity contribution is 6.21. The number of carbonyl (C=O) groups is 2. The molecule has 0 bridgehead atoms. The first-order valence-electron chi connectivity index (χ1n) is 8.73. The lowest BCUT2D eigenvalue weighted by molar-refractivity contribution is 0.0999. The number of ketones is 2. The Hall–Kier alpha value is -4.20. The molecule has 0 atom stereocenters. The number of hydrogen-bond acceptors (Lipinski definition) is 8. The van der Waals surface area contributed by atoms with Crippen LogP contribution in [0.4, 0.5) is 0 Å². The second-order valence-corrected chi connectivity index (χ2v) is 6.78. The molecule has 0 aliphatic rings. The van der Waals surface area contributed by atoms with E-state index < -0.39 is 46.1 Å². The smallest absolute Gasteiger partial charge is 0.201 e. The highest BCUT2D eigenvalue weighted by atomic mass is 16.3. The van der Waals surface area contributed by atoms with Crippen molar-refractivity contribution in [3.63, 3.8) is 0 Å². The summed E-state index contributed by atoms with van der Waals surface area (Å²) in [7, 11) is 0. The molecule has 0 aliphatic carbocycles. The molecule has 0 spiro atoms. The standard InChI is InChI=1S/C22H18O8/c1-9-7-13(19(27)21(29)15(9)23)17(25)11-5-3-4-6-12(11)18(26)14-8-10(2)16(24)22(30)20(14)28/h3-8,23-24,27-30H,1-2H3. The Kier molecular flexibility index (Phi) is 5.01. The van der Waals surface area contributed by atoms with E-state index in [4.69, 9.17) is 0 Å². The average molecular weight is 410 g/mol. The molecule has 0 aliphatic heterocycles. The molecule has 3 aromatic rings. The zero-order chi connectivity index (χ0) is 22.3. The van der Waals surface area contributed by atoms with Gasteiger partial charge in [-0.25, -0.2) is 0 Å². The van der Waals surface area contributed by atoms with Crippen LogP contribution >= 0.6 is 0 Å². The Morgan fingerprint density at radius 1 is 0.533 bits per heavy atom. The Balaban J connectivity index is 2.17. The predicted molar refractivity (Wildman–Crippen MR) is 106 cm³/mol. The van der Waals surface area contributed by atoms with E-state index in [1.165, 1.54) is 50.2 Å². The minimum Gasteiger partial charge on any atom is -0.504 e. The van der Waals surface area contributed by atoms with Crippen LogP contribution < -0.4 is 0 Å². The Bertz CT molecular complexity index is 1120. The van der Waals surface area contributed by atoms with E-state index in [9.17, 15) is 40.2 Å². The third kappa shape index (κ3) is 3.14. The summed E-state index contributed by atoms with van der Waals surface area (Å²) in [6.07, 6.45) is 0. The molecule has 0 amide bonds. The Labute approximate surface area is 170 Å². The van der Waals surface area contributed by atoms with Crippen molar-refractivity contribution in [3.8, 4) is 34.5 Å². The lowest BCUT2D eigenvalue weighted by Crippen LogP contribution is -2.12. The third-order valence-corrected chi connectivity index (χ3v) is 4.78. The van der Waals surface area contributed by atoms with Gasteiger partial charge in [0.05, 0.1) is 11.1 Å². The fraction of sp³-hybridized carbons (Fsp3) is 0.0909. The molecule has 0 heterocycles. The van der Waals surface area contributed by atoms with Gasteiger partial charge in [-0.05, 0) is 37.1 Å². The molecule has 30 heavy (non-hydrogen) atoms. The number of aromatic hydroxyl groups is 6. The van der Waals surface area contributed by atoms with Crippen LogP contribution in [0.1, 0.15) is 43.0 Å². The zero-order valence-electron chi connectivity index (χ0n) is 16.0. The molecule has 0 saturated heterocycles. The van der Waals surface area contributed by atoms with Crippen LogP contribution in [0.5, 0.6) is 34.5 Å². The van der Waals surface area contributed by atoms with Crippen molar-refractivity contribution in [3.05, 3.63) is 69.8 Å². The van der Waals surface area contributed by atoms with E-state index in [1.807, 2.05) is 0 Å². The monoisotopic (exact) mass is 410 g/mol. The van der Waals surface area contributed by atoms with E-state index in [-0.39, 0.29) is 33.4 Å². The van der Waals surface area contributed by atoms with Crippen molar-refractivity contribution in [2.75, 3.05) is 0 Å². The summed E-state index contributed by atoms with van der Waals surface area (Å²) in [6.45, 7) is 2.84. The van der Waals surface area contributed by atoms with Gasteiger partial charge in [0.25, 0.3) is 0 Å². The summed E-state index contributed by atoms with van der Waals surface area (Å²) in [5.74, 6) is -6.18. The lowest BCUT2D eigenvalue weighted by atomic mass is 9.91. The van der Waals surface area contributed by atoms with Crippen molar-refractivity contribution in [2.45, 2.75) is 13.8 Å². The highest BCUT2D eigenvalue weighted by Crippen LogP contribution is 2.42. The molecule has 3 rings (SSSR count). The number of rotatable bonds is 4. The van der Waals surface area contributed by atoms with Crippen molar-refractivity contribution >= 4 is 11.6 Å². The van der Waals surface area contributed by atoms with Gasteiger partial charge in [-0.1, -0.05) is 24.3 Å². The molecule has 6 N–H and O–H groups in total. The first kappa shape index (κ1) is 20.5. The van der Waals surface area contributed by atoms with Crippen LogP contribution in [0.2, 0.25) is 0 Å². The highest BCUT2D eigenvalue weighted by Gasteiger charge is 2.27. The van der Waals surface area contributed by atoms with Crippen LogP contribution in [0.3, 0.4) is 0 Å². The van der Waals surface area contributed by atoms with Crippen molar-refractivity contribution < 1.29 is 40.2 Å². The van der Waals surface area contributed by atoms with E-state index in [0.717, 1.165) is 0 Å². The third-order valence-electron chi connectivity index (χ3n) is 4.78. The molecule has 0 saturated carbocycles. The van der Waals surface area contributed by atoms with Crippen molar-refractivity contribution in [1.82, 2.24) is 0 Å². The van der Waals surface area contributed by atoms with Crippen molar-refractivity contribution in [1.29, 1.82) is 0 Å². The summed E-state index contributed by atoms with van der Waals surface area (Å²) in [5.41, 5.74) is -0.698. The van der Waals surface area contributed by atoms with Crippen molar-refractivity contribution in [2.24, 2.45) is 0 Å². The van der Waals surface area contributed by atoms with E-state index in [2.05, 4.69) is 0 Å². The van der Waals surface area contributed by atoms with Gasteiger partial charge in [-0.3, -0.25) is 9.59 Å². The normalized spacial score (nSPS) is 10.7.